The summed E-state index contributed by atoms with van der Waals surface area (Å²) in [6.07, 6.45) is 0. The number of hydrogen-bond acceptors (Lipinski definition) is 4. The van der Waals surface area contributed by atoms with Crippen molar-refractivity contribution in [3.63, 3.8) is 0 Å². The molecule has 0 saturated carbocycles. The van der Waals surface area contributed by atoms with Gasteiger partial charge in [0.15, 0.2) is 13.5 Å². The highest BCUT2D eigenvalue weighted by Crippen LogP contribution is 2.32. The number of para-hydroxylation sites is 2. The van der Waals surface area contributed by atoms with Crippen molar-refractivity contribution in [1.82, 2.24) is 0 Å². The van der Waals surface area contributed by atoms with Crippen molar-refractivity contribution in [2.45, 2.75) is 13.1 Å². The average Bonchev–Trinajstić information content (AvgIpc) is 2.73. The number of benzene rings is 3. The summed E-state index contributed by atoms with van der Waals surface area (Å²) in [7, 11) is 0. The highest BCUT2D eigenvalue weighted by atomic mass is 16.5. The number of nitrogens with zero attached hydrogens (tertiary/aromatic N) is 2. The highest BCUT2D eigenvalue weighted by Gasteiger charge is 2.20. The van der Waals surface area contributed by atoms with E-state index < -0.39 is 0 Å². The average molecular weight is 344 g/mol. The van der Waals surface area contributed by atoms with Crippen LogP contribution in [0.2, 0.25) is 0 Å². The summed E-state index contributed by atoms with van der Waals surface area (Å²) in [4.78, 5) is 4.51. The highest BCUT2D eigenvalue weighted by molar-refractivity contribution is 5.61. The Labute approximate surface area is 153 Å². The second-order valence-corrected chi connectivity index (χ2v) is 6.68. The van der Waals surface area contributed by atoms with Gasteiger partial charge in [0.1, 0.15) is 11.5 Å². The summed E-state index contributed by atoms with van der Waals surface area (Å²) in [5.74, 6) is 1.97. The molecule has 0 N–H and O–H groups in total. The molecule has 130 valence electrons. The molecule has 3 aromatic carbocycles. The van der Waals surface area contributed by atoms with E-state index in [2.05, 4.69) is 58.3 Å². The van der Waals surface area contributed by atoms with Crippen LogP contribution < -0.4 is 19.3 Å². The fourth-order valence-electron chi connectivity index (χ4n) is 3.57. The second kappa shape index (κ2) is 6.30. The molecular weight excluding hydrogens is 324 g/mol. The number of anilines is 2. The zero-order valence-electron chi connectivity index (χ0n) is 14.5. The third-order valence-corrected chi connectivity index (χ3v) is 4.98. The van der Waals surface area contributed by atoms with Crippen LogP contribution in [0.15, 0.2) is 72.8 Å². The summed E-state index contributed by atoms with van der Waals surface area (Å²) < 4.78 is 11.8. The molecule has 4 nitrogen and oxygen atoms in total. The fourth-order valence-corrected chi connectivity index (χ4v) is 3.57. The van der Waals surface area contributed by atoms with E-state index >= 15 is 0 Å². The maximum absolute atomic E-state index is 5.91. The minimum absolute atomic E-state index is 0.569. The lowest BCUT2D eigenvalue weighted by Gasteiger charge is -2.33. The van der Waals surface area contributed by atoms with E-state index in [9.17, 15) is 0 Å². The van der Waals surface area contributed by atoms with E-state index in [1.807, 2.05) is 24.3 Å². The second-order valence-electron chi connectivity index (χ2n) is 6.68. The molecular formula is C22H20N2O2. The molecule has 0 bridgehead atoms. The third kappa shape index (κ3) is 2.73. The van der Waals surface area contributed by atoms with Gasteiger partial charge < -0.3 is 19.3 Å². The molecule has 0 aromatic heterocycles. The quantitative estimate of drug-likeness (QED) is 0.688. The number of hydrogen-bond donors (Lipinski definition) is 0. The molecule has 5 rings (SSSR count). The molecule has 0 atom stereocenters. The Morgan fingerprint density at radius 3 is 1.62 bits per heavy atom. The Morgan fingerprint density at radius 2 is 1.08 bits per heavy atom. The lowest BCUT2D eigenvalue weighted by Crippen LogP contribution is -2.33. The van der Waals surface area contributed by atoms with E-state index in [-0.39, 0.29) is 0 Å². The van der Waals surface area contributed by atoms with Crippen molar-refractivity contribution >= 4 is 11.4 Å². The SMILES string of the molecule is c1cc(N2COc3ccccc3C2)cc(N2COc3ccccc3C2)c1. The molecule has 0 amide bonds. The molecule has 0 fully saturated rings. The molecule has 2 aliphatic heterocycles. The van der Waals surface area contributed by atoms with Crippen LogP contribution in [0, 0.1) is 0 Å². The minimum atomic E-state index is 0.569. The first-order chi connectivity index (χ1) is 12.9. The standard InChI is InChI=1S/C22H20N2O2/c1-3-10-21-17(6-1)13-23(15-25-21)19-8-5-9-20(12-19)24-14-18-7-2-4-11-22(18)26-16-24/h1-12H,13-16H2. The van der Waals surface area contributed by atoms with Crippen molar-refractivity contribution in [1.29, 1.82) is 0 Å². The van der Waals surface area contributed by atoms with E-state index in [4.69, 9.17) is 9.47 Å². The normalized spacial score (nSPS) is 15.5. The smallest absolute Gasteiger partial charge is 0.161 e. The zero-order chi connectivity index (χ0) is 17.3. The van der Waals surface area contributed by atoms with Gasteiger partial charge in [-0.15, -0.1) is 0 Å². The van der Waals surface area contributed by atoms with Crippen LogP contribution in [0.5, 0.6) is 11.5 Å². The fraction of sp³-hybridized carbons (Fsp3) is 0.182. The molecule has 0 unspecified atom stereocenters. The number of rotatable bonds is 2. The molecule has 0 spiro atoms. The predicted octanol–water partition coefficient (Wildman–Crippen LogP) is 4.40. The largest absolute Gasteiger partial charge is 0.473 e. The van der Waals surface area contributed by atoms with Gasteiger partial charge in [-0.05, 0) is 30.3 Å². The number of ether oxygens (including phenoxy) is 2. The van der Waals surface area contributed by atoms with Crippen LogP contribution in [0.1, 0.15) is 11.1 Å². The van der Waals surface area contributed by atoms with Gasteiger partial charge in [-0.25, -0.2) is 0 Å². The number of fused-ring (bicyclic) bond motifs is 2. The van der Waals surface area contributed by atoms with E-state index in [0.29, 0.717) is 13.5 Å². The van der Waals surface area contributed by atoms with Crippen LogP contribution in [0.3, 0.4) is 0 Å². The Hall–Kier alpha value is -3.14. The Bertz CT molecular complexity index is 868. The van der Waals surface area contributed by atoms with Crippen molar-refractivity contribution in [2.75, 3.05) is 23.3 Å². The summed E-state index contributed by atoms with van der Waals surface area (Å²) in [6, 6.07) is 25.1. The topological polar surface area (TPSA) is 24.9 Å². The van der Waals surface area contributed by atoms with Gasteiger partial charge in [-0.2, -0.15) is 0 Å². The molecule has 26 heavy (non-hydrogen) atoms. The Morgan fingerprint density at radius 1 is 0.577 bits per heavy atom. The maximum atomic E-state index is 5.91. The van der Waals surface area contributed by atoms with Gasteiger partial charge >= 0.3 is 0 Å². The van der Waals surface area contributed by atoms with Crippen LogP contribution in [0.25, 0.3) is 0 Å². The molecule has 0 radical (unpaired) electrons. The molecule has 2 aliphatic rings. The van der Waals surface area contributed by atoms with E-state index in [0.717, 1.165) is 36.0 Å². The van der Waals surface area contributed by atoms with Gasteiger partial charge in [-0.3, -0.25) is 0 Å². The molecule has 0 saturated heterocycles. The van der Waals surface area contributed by atoms with Crippen LogP contribution in [0.4, 0.5) is 11.4 Å². The van der Waals surface area contributed by atoms with Crippen LogP contribution in [-0.2, 0) is 13.1 Å². The van der Waals surface area contributed by atoms with Crippen LogP contribution in [-0.4, -0.2) is 13.5 Å². The first-order valence-corrected chi connectivity index (χ1v) is 8.88. The Balaban J connectivity index is 1.39. The lowest BCUT2D eigenvalue weighted by atomic mass is 10.1. The first-order valence-electron chi connectivity index (χ1n) is 8.88. The monoisotopic (exact) mass is 344 g/mol. The van der Waals surface area contributed by atoms with Crippen molar-refractivity contribution in [2.24, 2.45) is 0 Å². The van der Waals surface area contributed by atoms with Crippen molar-refractivity contribution < 1.29 is 9.47 Å². The molecule has 0 aliphatic carbocycles. The Kier molecular flexibility index (Phi) is 3.67. The molecule has 4 heteroatoms. The van der Waals surface area contributed by atoms with Gasteiger partial charge in [0.05, 0.1) is 0 Å². The lowest BCUT2D eigenvalue weighted by molar-refractivity contribution is 0.288. The molecule has 3 aromatic rings. The summed E-state index contributed by atoms with van der Waals surface area (Å²) in [5.41, 5.74) is 4.77. The molecule has 2 heterocycles. The minimum Gasteiger partial charge on any atom is -0.473 e. The van der Waals surface area contributed by atoms with Crippen molar-refractivity contribution in [3.8, 4) is 11.5 Å². The predicted molar refractivity (Wildman–Crippen MR) is 103 cm³/mol. The van der Waals surface area contributed by atoms with Crippen LogP contribution >= 0.6 is 0 Å². The van der Waals surface area contributed by atoms with Gasteiger partial charge in [0.25, 0.3) is 0 Å². The van der Waals surface area contributed by atoms with Crippen molar-refractivity contribution in [3.05, 3.63) is 83.9 Å². The van der Waals surface area contributed by atoms with Gasteiger partial charge in [0, 0.05) is 35.6 Å². The van der Waals surface area contributed by atoms with E-state index in [1.54, 1.807) is 0 Å². The van der Waals surface area contributed by atoms with Gasteiger partial charge in [-0.1, -0.05) is 42.5 Å². The van der Waals surface area contributed by atoms with E-state index in [1.165, 1.54) is 11.1 Å². The summed E-state index contributed by atoms with van der Waals surface area (Å²) >= 11 is 0. The summed E-state index contributed by atoms with van der Waals surface area (Å²) in [5, 5.41) is 0. The third-order valence-electron chi connectivity index (χ3n) is 4.98. The first kappa shape index (κ1) is 15.1. The summed E-state index contributed by atoms with van der Waals surface area (Å²) in [6.45, 7) is 2.86. The maximum Gasteiger partial charge on any atom is 0.161 e. The zero-order valence-corrected chi connectivity index (χ0v) is 14.5. The van der Waals surface area contributed by atoms with Gasteiger partial charge in [0.2, 0.25) is 0 Å².